The van der Waals surface area contributed by atoms with Gasteiger partial charge >= 0.3 is 0 Å². The van der Waals surface area contributed by atoms with E-state index in [0.717, 1.165) is 19.3 Å². The molecule has 0 radical (unpaired) electrons. The highest BCUT2D eigenvalue weighted by Crippen LogP contribution is 2.27. The number of nitriles is 2. The number of aromatic nitrogens is 2. The van der Waals surface area contributed by atoms with Gasteiger partial charge in [-0.05, 0) is 25.7 Å². The number of carbonyl (C=O) groups is 1. The number of hydrogen-bond acceptors (Lipinski definition) is 4. The van der Waals surface area contributed by atoms with Gasteiger partial charge in [0, 0.05) is 13.1 Å². The molecule has 1 heterocycles. The quantitative estimate of drug-likeness (QED) is 0.854. The van der Waals surface area contributed by atoms with E-state index in [2.05, 4.69) is 11.9 Å². The van der Waals surface area contributed by atoms with Crippen LogP contribution in [0.4, 0.5) is 0 Å². The third-order valence-corrected chi connectivity index (χ3v) is 4.62. The first kappa shape index (κ1) is 16.0. The first-order valence-corrected chi connectivity index (χ1v) is 7.62. The molecule has 1 aliphatic rings. The summed E-state index contributed by atoms with van der Waals surface area (Å²) in [6.45, 7) is 3.95. The van der Waals surface area contributed by atoms with Gasteiger partial charge in [0.05, 0.1) is 0 Å². The highest BCUT2D eigenvalue weighted by Gasteiger charge is 2.28. The van der Waals surface area contributed by atoms with Crippen LogP contribution in [-0.4, -0.2) is 33.4 Å². The highest BCUT2D eigenvalue weighted by molar-refractivity contribution is 5.76. The molecular weight excluding hydrogens is 278 g/mol. The Bertz CT molecular complexity index is 649. The van der Waals surface area contributed by atoms with Crippen molar-refractivity contribution in [3.63, 3.8) is 0 Å². The van der Waals surface area contributed by atoms with Gasteiger partial charge in [-0.15, -0.1) is 0 Å². The van der Waals surface area contributed by atoms with E-state index in [0.29, 0.717) is 11.7 Å². The maximum Gasteiger partial charge on any atom is 0.242 e. The zero-order valence-electron chi connectivity index (χ0n) is 13.3. The van der Waals surface area contributed by atoms with Crippen molar-refractivity contribution in [3.05, 3.63) is 17.2 Å². The third-order valence-electron chi connectivity index (χ3n) is 4.62. The molecule has 2 unspecified atom stereocenters. The standard InChI is InChI=1S/C16H21N5O/c1-11-6-4-5-7-14(11)20(3)16(22)10-21-12(2)19-13(8-17)15(21)9-18/h11,14H,4-7,10H2,1-3H3. The molecule has 0 aliphatic heterocycles. The number of rotatable bonds is 3. The second-order valence-electron chi connectivity index (χ2n) is 6.00. The van der Waals surface area contributed by atoms with Crippen molar-refractivity contribution in [1.82, 2.24) is 14.5 Å². The molecule has 1 amide bonds. The van der Waals surface area contributed by atoms with E-state index in [9.17, 15) is 10.1 Å². The Morgan fingerprint density at radius 3 is 2.64 bits per heavy atom. The van der Waals surface area contributed by atoms with Crippen LogP contribution in [0.25, 0.3) is 0 Å². The van der Waals surface area contributed by atoms with Crippen molar-refractivity contribution >= 4 is 5.91 Å². The van der Waals surface area contributed by atoms with E-state index in [4.69, 9.17) is 5.26 Å². The molecule has 1 aliphatic carbocycles. The summed E-state index contributed by atoms with van der Waals surface area (Å²) in [6.07, 6.45) is 4.55. The molecule has 1 aromatic rings. The van der Waals surface area contributed by atoms with Gasteiger partial charge in [0.1, 0.15) is 24.5 Å². The summed E-state index contributed by atoms with van der Waals surface area (Å²) >= 11 is 0. The van der Waals surface area contributed by atoms with Crippen molar-refractivity contribution < 1.29 is 4.79 Å². The summed E-state index contributed by atoms with van der Waals surface area (Å²) in [4.78, 5) is 18.4. The maximum absolute atomic E-state index is 12.6. The highest BCUT2D eigenvalue weighted by atomic mass is 16.2. The van der Waals surface area contributed by atoms with Gasteiger partial charge in [-0.1, -0.05) is 19.8 Å². The maximum atomic E-state index is 12.6. The van der Waals surface area contributed by atoms with Gasteiger partial charge in [0.2, 0.25) is 5.91 Å². The molecule has 0 bridgehead atoms. The lowest BCUT2D eigenvalue weighted by molar-refractivity contribution is -0.134. The predicted molar refractivity (Wildman–Crippen MR) is 80.6 cm³/mol. The van der Waals surface area contributed by atoms with E-state index < -0.39 is 0 Å². The number of likely N-dealkylation sites (N-methyl/N-ethyl adjacent to an activating group) is 1. The third kappa shape index (κ3) is 2.96. The zero-order valence-corrected chi connectivity index (χ0v) is 13.3. The fourth-order valence-electron chi connectivity index (χ4n) is 3.25. The molecule has 116 valence electrons. The normalized spacial score (nSPS) is 21.0. The second-order valence-corrected chi connectivity index (χ2v) is 6.00. The Kier molecular flexibility index (Phi) is 4.82. The molecule has 0 saturated heterocycles. The minimum Gasteiger partial charge on any atom is -0.341 e. The van der Waals surface area contributed by atoms with Crippen LogP contribution >= 0.6 is 0 Å². The molecular formula is C16H21N5O. The van der Waals surface area contributed by atoms with E-state index in [1.54, 1.807) is 11.8 Å². The van der Waals surface area contributed by atoms with Crippen molar-refractivity contribution in [3.8, 4) is 12.1 Å². The Morgan fingerprint density at radius 2 is 2.05 bits per heavy atom. The first-order valence-electron chi connectivity index (χ1n) is 7.62. The molecule has 1 aromatic heterocycles. The summed E-state index contributed by atoms with van der Waals surface area (Å²) in [5, 5.41) is 18.2. The number of carbonyl (C=O) groups excluding carboxylic acids is 1. The monoisotopic (exact) mass is 299 g/mol. The minimum atomic E-state index is -0.0414. The Balaban J connectivity index is 2.17. The van der Waals surface area contributed by atoms with Gasteiger partial charge in [0.25, 0.3) is 0 Å². The van der Waals surface area contributed by atoms with Crippen LogP contribution < -0.4 is 0 Å². The van der Waals surface area contributed by atoms with Crippen LogP contribution in [0, 0.1) is 35.5 Å². The summed E-state index contributed by atoms with van der Waals surface area (Å²) in [5.74, 6) is 0.975. The van der Waals surface area contributed by atoms with Crippen LogP contribution in [0.2, 0.25) is 0 Å². The van der Waals surface area contributed by atoms with Crippen molar-refractivity contribution in [2.24, 2.45) is 5.92 Å². The molecule has 6 heteroatoms. The number of imidazole rings is 1. The van der Waals surface area contributed by atoms with Crippen molar-refractivity contribution in [1.29, 1.82) is 10.5 Å². The smallest absolute Gasteiger partial charge is 0.242 e. The number of nitrogens with zero attached hydrogens (tertiary/aromatic N) is 5. The minimum absolute atomic E-state index is 0.0414. The largest absolute Gasteiger partial charge is 0.341 e. The molecule has 1 saturated carbocycles. The molecule has 0 aromatic carbocycles. The molecule has 2 rings (SSSR count). The van der Waals surface area contributed by atoms with E-state index in [1.807, 2.05) is 19.2 Å². The Labute approximate surface area is 131 Å². The Hall–Kier alpha value is -2.34. The van der Waals surface area contributed by atoms with Crippen LogP contribution in [0.15, 0.2) is 0 Å². The van der Waals surface area contributed by atoms with Crippen LogP contribution in [0.5, 0.6) is 0 Å². The Morgan fingerprint density at radius 1 is 1.36 bits per heavy atom. The summed E-state index contributed by atoms with van der Waals surface area (Å²) in [6, 6.07) is 4.13. The lowest BCUT2D eigenvalue weighted by Gasteiger charge is -2.36. The molecule has 2 atom stereocenters. The predicted octanol–water partition coefficient (Wildman–Crippen LogP) is 1.97. The average molecular weight is 299 g/mol. The molecule has 22 heavy (non-hydrogen) atoms. The van der Waals surface area contributed by atoms with Gasteiger partial charge in [-0.25, -0.2) is 4.98 Å². The molecule has 6 nitrogen and oxygen atoms in total. The van der Waals surface area contributed by atoms with Gasteiger partial charge in [-0.2, -0.15) is 10.5 Å². The molecule has 0 spiro atoms. The van der Waals surface area contributed by atoms with Crippen LogP contribution in [0.1, 0.15) is 49.8 Å². The first-order chi connectivity index (χ1) is 10.5. The lowest BCUT2D eigenvalue weighted by atomic mass is 9.85. The fraction of sp³-hybridized carbons (Fsp3) is 0.625. The van der Waals surface area contributed by atoms with Crippen molar-refractivity contribution in [2.45, 2.75) is 52.1 Å². The molecule has 0 N–H and O–H groups in total. The van der Waals surface area contributed by atoms with Gasteiger partial charge < -0.3 is 9.47 Å². The van der Waals surface area contributed by atoms with Gasteiger partial charge in [0.15, 0.2) is 11.4 Å². The van der Waals surface area contributed by atoms with Gasteiger partial charge in [-0.3, -0.25) is 4.79 Å². The number of hydrogen-bond donors (Lipinski definition) is 0. The SMILES string of the molecule is Cc1nc(C#N)c(C#N)n1CC(=O)N(C)C1CCCCC1C. The summed E-state index contributed by atoms with van der Waals surface area (Å²) in [5.41, 5.74) is 0.250. The van der Waals surface area contributed by atoms with E-state index in [1.165, 1.54) is 11.0 Å². The zero-order chi connectivity index (χ0) is 16.3. The van der Waals surface area contributed by atoms with Crippen molar-refractivity contribution in [2.75, 3.05) is 7.05 Å². The second kappa shape index (κ2) is 6.62. The van der Waals surface area contributed by atoms with Crippen LogP contribution in [0.3, 0.4) is 0 Å². The van der Waals surface area contributed by atoms with E-state index >= 15 is 0 Å². The summed E-state index contributed by atoms with van der Waals surface area (Å²) < 4.78 is 1.53. The number of aryl methyl sites for hydroxylation is 1. The topological polar surface area (TPSA) is 85.7 Å². The average Bonchev–Trinajstić information content (AvgIpc) is 2.82. The van der Waals surface area contributed by atoms with Crippen LogP contribution in [-0.2, 0) is 11.3 Å². The fourth-order valence-corrected chi connectivity index (χ4v) is 3.25. The van der Waals surface area contributed by atoms with E-state index in [-0.39, 0.29) is 29.9 Å². The molecule has 1 fully saturated rings. The summed E-state index contributed by atoms with van der Waals surface area (Å²) in [7, 11) is 1.83. The number of amides is 1. The lowest BCUT2D eigenvalue weighted by Crippen LogP contribution is -2.44.